The number of hydrogen-bond acceptors (Lipinski definition) is 6. The molecule has 0 unspecified atom stereocenters. The zero-order valence-corrected chi connectivity index (χ0v) is 12.0. The molecule has 0 aliphatic rings. The number of amides is 1. The summed E-state index contributed by atoms with van der Waals surface area (Å²) in [6, 6.07) is 8.55. The Morgan fingerprint density at radius 2 is 2.22 bits per heavy atom. The minimum Gasteiger partial charge on any atom is -0.507 e. The van der Waals surface area contributed by atoms with Gasteiger partial charge in [-0.25, -0.2) is 0 Å². The number of non-ortho nitro benzene ring substituents is 1. The summed E-state index contributed by atoms with van der Waals surface area (Å²) in [5.41, 5.74) is -0.381. The number of nitro benzene ring substituents is 1. The van der Waals surface area contributed by atoms with E-state index in [0.717, 1.165) is 12.1 Å². The number of rotatable bonds is 6. The Balaban J connectivity index is 2.25. The monoisotopic (exact) mass is 315 g/mol. The van der Waals surface area contributed by atoms with Gasteiger partial charge in [0.25, 0.3) is 11.6 Å². The first kappa shape index (κ1) is 16.0. The van der Waals surface area contributed by atoms with E-state index in [0.29, 0.717) is 5.76 Å². The van der Waals surface area contributed by atoms with E-state index in [1.54, 1.807) is 12.1 Å². The summed E-state index contributed by atoms with van der Waals surface area (Å²) >= 11 is 0. The van der Waals surface area contributed by atoms with Crippen molar-refractivity contribution < 1.29 is 19.2 Å². The van der Waals surface area contributed by atoms with Gasteiger partial charge in [-0.3, -0.25) is 14.9 Å². The lowest BCUT2D eigenvalue weighted by atomic mass is 10.1. The Labute approximate surface area is 131 Å². The largest absolute Gasteiger partial charge is 0.507 e. The number of phenols is 1. The van der Waals surface area contributed by atoms with Gasteiger partial charge < -0.3 is 14.4 Å². The number of hydrogen-bond donors (Lipinski definition) is 1. The zero-order valence-electron chi connectivity index (χ0n) is 12.0. The molecule has 23 heavy (non-hydrogen) atoms. The Bertz CT molecular complexity index is 749. The van der Waals surface area contributed by atoms with Crippen LogP contribution in [0.25, 0.3) is 0 Å². The van der Waals surface area contributed by atoms with Gasteiger partial charge in [-0.2, -0.15) is 5.26 Å². The average Bonchev–Trinajstić information content (AvgIpc) is 3.03. The van der Waals surface area contributed by atoms with Gasteiger partial charge in [-0.15, -0.1) is 0 Å². The third-order valence-corrected chi connectivity index (χ3v) is 3.13. The van der Waals surface area contributed by atoms with Crippen LogP contribution in [-0.4, -0.2) is 27.4 Å². The van der Waals surface area contributed by atoms with Crippen molar-refractivity contribution in [2.24, 2.45) is 0 Å². The molecule has 0 bridgehead atoms. The predicted molar refractivity (Wildman–Crippen MR) is 78.4 cm³/mol. The number of phenolic OH excluding ortho intramolecular Hbond substituents is 1. The second-order valence-electron chi connectivity index (χ2n) is 4.67. The van der Waals surface area contributed by atoms with Crippen molar-refractivity contribution in [1.29, 1.82) is 5.26 Å². The van der Waals surface area contributed by atoms with E-state index < -0.39 is 16.6 Å². The second-order valence-corrected chi connectivity index (χ2v) is 4.67. The van der Waals surface area contributed by atoms with Gasteiger partial charge in [0.15, 0.2) is 0 Å². The summed E-state index contributed by atoms with van der Waals surface area (Å²) < 4.78 is 5.18. The molecule has 8 nitrogen and oxygen atoms in total. The average molecular weight is 315 g/mol. The fraction of sp³-hybridized carbons (Fsp3) is 0.200. The topological polar surface area (TPSA) is 121 Å². The highest BCUT2D eigenvalue weighted by Crippen LogP contribution is 2.25. The van der Waals surface area contributed by atoms with Crippen molar-refractivity contribution in [1.82, 2.24) is 4.90 Å². The van der Waals surface area contributed by atoms with Crippen LogP contribution in [0, 0.1) is 21.4 Å². The quantitative estimate of drug-likeness (QED) is 0.645. The number of nitro groups is 1. The van der Waals surface area contributed by atoms with Gasteiger partial charge in [0.1, 0.15) is 11.5 Å². The lowest BCUT2D eigenvalue weighted by molar-refractivity contribution is -0.384. The molecule has 0 atom stereocenters. The molecule has 0 spiro atoms. The molecule has 1 N–H and O–H groups in total. The summed E-state index contributed by atoms with van der Waals surface area (Å²) in [7, 11) is 0. The molecular weight excluding hydrogens is 302 g/mol. The molecule has 1 aromatic carbocycles. The number of carbonyl (C=O) groups excluding carboxylic acids is 1. The fourth-order valence-electron chi connectivity index (χ4n) is 2.01. The van der Waals surface area contributed by atoms with E-state index in [4.69, 9.17) is 9.68 Å². The summed E-state index contributed by atoms with van der Waals surface area (Å²) in [5, 5.41) is 29.3. The number of furan rings is 1. The molecular formula is C15H13N3O5. The van der Waals surface area contributed by atoms with Gasteiger partial charge >= 0.3 is 0 Å². The van der Waals surface area contributed by atoms with Gasteiger partial charge in [-0.05, 0) is 18.2 Å². The summed E-state index contributed by atoms with van der Waals surface area (Å²) in [5.74, 6) is -0.493. The van der Waals surface area contributed by atoms with Crippen molar-refractivity contribution >= 4 is 11.6 Å². The highest BCUT2D eigenvalue weighted by atomic mass is 16.6. The zero-order chi connectivity index (χ0) is 16.8. The standard InChI is InChI=1S/C15H13N3O5/c16-6-2-7-17(10-12-3-1-8-23-12)15(20)13-5-4-11(18(21)22)9-14(13)19/h1,3-5,8-9,19H,2,7,10H2. The van der Waals surface area contributed by atoms with Crippen LogP contribution < -0.4 is 0 Å². The van der Waals surface area contributed by atoms with E-state index >= 15 is 0 Å². The van der Waals surface area contributed by atoms with E-state index in [1.807, 2.05) is 6.07 Å². The first-order valence-electron chi connectivity index (χ1n) is 6.69. The first-order chi connectivity index (χ1) is 11.0. The number of carbonyl (C=O) groups is 1. The van der Waals surface area contributed by atoms with Gasteiger partial charge in [-0.1, -0.05) is 0 Å². The summed E-state index contributed by atoms with van der Waals surface area (Å²) in [4.78, 5) is 23.9. The molecule has 118 valence electrons. The number of benzene rings is 1. The molecule has 1 aromatic heterocycles. The molecule has 0 aliphatic heterocycles. The Kier molecular flexibility index (Phi) is 4.94. The highest BCUT2D eigenvalue weighted by molar-refractivity contribution is 5.97. The predicted octanol–water partition coefficient (Wildman–Crippen LogP) is 2.45. The van der Waals surface area contributed by atoms with Crippen LogP contribution >= 0.6 is 0 Å². The molecule has 8 heteroatoms. The van der Waals surface area contributed by atoms with Crippen molar-refractivity contribution in [2.75, 3.05) is 6.54 Å². The van der Waals surface area contributed by atoms with Crippen LogP contribution in [0.4, 0.5) is 5.69 Å². The van der Waals surface area contributed by atoms with Crippen LogP contribution in [0.2, 0.25) is 0 Å². The number of aromatic hydroxyl groups is 1. The molecule has 2 aromatic rings. The third kappa shape index (κ3) is 3.85. The maximum atomic E-state index is 12.5. The highest BCUT2D eigenvalue weighted by Gasteiger charge is 2.22. The van der Waals surface area contributed by atoms with Gasteiger partial charge in [0.2, 0.25) is 0 Å². The van der Waals surface area contributed by atoms with E-state index in [9.17, 15) is 20.0 Å². The van der Waals surface area contributed by atoms with Crippen LogP contribution in [-0.2, 0) is 6.54 Å². The fourth-order valence-corrected chi connectivity index (χ4v) is 2.01. The molecule has 2 rings (SSSR count). The van der Waals surface area contributed by atoms with Crippen LogP contribution in [0.1, 0.15) is 22.5 Å². The smallest absolute Gasteiger partial charge is 0.273 e. The number of nitrogens with zero attached hydrogens (tertiary/aromatic N) is 3. The SMILES string of the molecule is N#CCCN(Cc1ccco1)C(=O)c1ccc([N+](=O)[O-])cc1O. The third-order valence-electron chi connectivity index (χ3n) is 3.13. The Hall–Kier alpha value is -3.34. The molecule has 1 amide bonds. The minimum absolute atomic E-state index is 0.0694. The molecule has 0 saturated heterocycles. The van der Waals surface area contributed by atoms with Crippen molar-refractivity contribution in [2.45, 2.75) is 13.0 Å². The normalized spacial score (nSPS) is 10.0. The molecule has 0 fully saturated rings. The summed E-state index contributed by atoms with van der Waals surface area (Å²) in [6.07, 6.45) is 1.58. The van der Waals surface area contributed by atoms with Crippen LogP contribution in [0.15, 0.2) is 41.0 Å². The first-order valence-corrected chi connectivity index (χ1v) is 6.69. The molecule has 0 radical (unpaired) electrons. The Morgan fingerprint density at radius 1 is 1.43 bits per heavy atom. The Morgan fingerprint density at radius 3 is 2.78 bits per heavy atom. The maximum Gasteiger partial charge on any atom is 0.273 e. The molecule has 0 saturated carbocycles. The minimum atomic E-state index is -0.662. The summed E-state index contributed by atoms with van der Waals surface area (Å²) in [6.45, 7) is 0.274. The van der Waals surface area contributed by atoms with Crippen LogP contribution in [0.5, 0.6) is 5.75 Å². The van der Waals surface area contributed by atoms with Crippen molar-refractivity contribution in [3.8, 4) is 11.8 Å². The van der Waals surface area contributed by atoms with Crippen LogP contribution in [0.3, 0.4) is 0 Å². The lowest BCUT2D eigenvalue weighted by Gasteiger charge is -2.21. The van der Waals surface area contributed by atoms with E-state index in [1.165, 1.54) is 17.2 Å². The van der Waals surface area contributed by atoms with Crippen molar-refractivity contribution in [3.05, 3.63) is 58.0 Å². The number of nitriles is 1. The lowest BCUT2D eigenvalue weighted by Crippen LogP contribution is -2.31. The van der Waals surface area contributed by atoms with E-state index in [-0.39, 0.29) is 30.8 Å². The molecule has 0 aliphatic carbocycles. The van der Waals surface area contributed by atoms with Gasteiger partial charge in [0, 0.05) is 12.6 Å². The van der Waals surface area contributed by atoms with Crippen molar-refractivity contribution in [3.63, 3.8) is 0 Å². The maximum absolute atomic E-state index is 12.5. The van der Waals surface area contributed by atoms with Gasteiger partial charge in [0.05, 0.1) is 41.9 Å². The molecule has 1 heterocycles. The second kappa shape index (κ2) is 7.09. The van der Waals surface area contributed by atoms with E-state index in [2.05, 4.69) is 0 Å².